The van der Waals surface area contributed by atoms with Crippen LogP contribution < -0.4 is 5.32 Å². The van der Waals surface area contributed by atoms with Crippen molar-refractivity contribution in [3.8, 4) is 17.2 Å². The summed E-state index contributed by atoms with van der Waals surface area (Å²) in [7, 11) is 3.39. The third kappa shape index (κ3) is 4.56. The van der Waals surface area contributed by atoms with Crippen molar-refractivity contribution in [2.75, 3.05) is 14.1 Å². The quantitative estimate of drug-likeness (QED) is 0.707. The van der Waals surface area contributed by atoms with Crippen molar-refractivity contribution in [1.29, 1.82) is 5.26 Å². The fraction of sp³-hybridized carbons (Fsp3) is 0.458. The zero-order valence-corrected chi connectivity index (χ0v) is 18.5. The number of Topliss-reactive ketones (excluding diaryl/α,β-unsaturated/α-hetero) is 1. The molecule has 162 valence electrons. The maximum atomic E-state index is 14.8. The van der Waals surface area contributed by atoms with E-state index in [1.54, 1.807) is 32.3 Å². The number of carbonyl (C=O) groups is 2. The normalized spacial score (nSPS) is 22.8. The number of hydrogen-bond acceptors (Lipinski definition) is 5. The molecule has 1 aromatic heterocycles. The highest BCUT2D eigenvalue weighted by Gasteiger charge is 2.42. The van der Waals surface area contributed by atoms with Crippen LogP contribution in [0.5, 0.6) is 0 Å². The lowest BCUT2D eigenvalue weighted by Gasteiger charge is -2.22. The average Bonchev–Trinajstić information content (AvgIpc) is 3.50. The Hall–Kier alpha value is -2.56. The lowest BCUT2D eigenvalue weighted by molar-refractivity contribution is -0.122. The third-order valence-corrected chi connectivity index (χ3v) is 7.32. The molecular weight excluding hydrogens is 413 g/mol. The number of benzene rings is 1. The number of nitrogens with one attached hydrogen (secondary N) is 1. The highest BCUT2D eigenvalue weighted by atomic mass is 32.1. The van der Waals surface area contributed by atoms with Gasteiger partial charge in [0.15, 0.2) is 5.78 Å². The zero-order valence-electron chi connectivity index (χ0n) is 17.7. The minimum Gasteiger partial charge on any atom is -0.344 e. The summed E-state index contributed by atoms with van der Waals surface area (Å²) < 4.78 is 14.8. The van der Waals surface area contributed by atoms with Crippen LogP contribution in [0, 0.1) is 29.0 Å². The van der Waals surface area contributed by atoms with Gasteiger partial charge in [-0.2, -0.15) is 5.26 Å². The Morgan fingerprint density at radius 2 is 2.10 bits per heavy atom. The number of fused-ring (bicyclic) bond motifs is 2. The fourth-order valence-corrected chi connectivity index (χ4v) is 5.66. The Balaban J connectivity index is 1.42. The van der Waals surface area contributed by atoms with Gasteiger partial charge < -0.3 is 10.2 Å². The number of piperidine rings is 1. The summed E-state index contributed by atoms with van der Waals surface area (Å²) in [5.74, 6) is -0.552. The van der Waals surface area contributed by atoms with Crippen LogP contribution in [-0.4, -0.2) is 42.8 Å². The maximum Gasteiger partial charge on any atom is 0.263 e. The number of ketones is 1. The molecule has 0 unspecified atom stereocenters. The molecule has 1 aromatic carbocycles. The number of nitriles is 1. The van der Waals surface area contributed by atoms with E-state index in [4.69, 9.17) is 0 Å². The maximum absolute atomic E-state index is 14.8. The Morgan fingerprint density at radius 3 is 2.71 bits per heavy atom. The van der Waals surface area contributed by atoms with Crippen molar-refractivity contribution in [1.82, 2.24) is 10.2 Å². The third-order valence-electron chi connectivity index (χ3n) is 6.41. The molecule has 2 heterocycles. The first-order valence-electron chi connectivity index (χ1n) is 10.6. The second-order valence-electron chi connectivity index (χ2n) is 8.82. The summed E-state index contributed by atoms with van der Waals surface area (Å²) >= 11 is 1.33. The van der Waals surface area contributed by atoms with E-state index >= 15 is 0 Å². The number of nitrogens with zero attached hydrogens (tertiary/aromatic N) is 2. The van der Waals surface area contributed by atoms with Crippen molar-refractivity contribution in [2.45, 2.75) is 44.2 Å². The second-order valence-corrected chi connectivity index (χ2v) is 9.73. The highest BCUT2D eigenvalue weighted by Crippen LogP contribution is 2.36. The molecule has 1 amide bonds. The molecule has 1 saturated carbocycles. The van der Waals surface area contributed by atoms with E-state index in [0.29, 0.717) is 28.0 Å². The Labute approximate surface area is 185 Å². The van der Waals surface area contributed by atoms with Gasteiger partial charge >= 0.3 is 0 Å². The second kappa shape index (κ2) is 8.89. The molecule has 4 atom stereocenters. The molecule has 1 aliphatic carbocycles. The first-order chi connectivity index (χ1) is 14.9. The monoisotopic (exact) mass is 439 g/mol. The first kappa shape index (κ1) is 21.7. The Bertz CT molecular complexity index is 1040. The Morgan fingerprint density at radius 1 is 1.29 bits per heavy atom. The van der Waals surface area contributed by atoms with Gasteiger partial charge in [-0.25, -0.2) is 4.39 Å². The molecule has 31 heavy (non-hydrogen) atoms. The van der Waals surface area contributed by atoms with Gasteiger partial charge in [0.05, 0.1) is 22.9 Å². The van der Waals surface area contributed by atoms with Gasteiger partial charge in [0.2, 0.25) is 0 Å². The first-order valence-corrected chi connectivity index (χ1v) is 11.5. The standard InChI is InChI=1S/C24H26FN3O2S/c1-28(2)24(30)22-11-18(13-31-22)15-3-4-16(20(25)10-15)7-14(12-26)8-21(29)23-17-5-6-19(9-17)27-23/h3-4,10-11,13-14,17,19,23,27H,5-9H2,1-2H3/t14-,17+,19-,23+/m1/s1. The van der Waals surface area contributed by atoms with Crippen molar-refractivity contribution in [3.63, 3.8) is 0 Å². The smallest absolute Gasteiger partial charge is 0.263 e. The predicted molar refractivity (Wildman–Crippen MR) is 118 cm³/mol. The number of carbonyl (C=O) groups excluding carboxylic acids is 2. The number of hydrogen-bond donors (Lipinski definition) is 1. The Kier molecular flexibility index (Phi) is 6.22. The lowest BCUT2D eigenvalue weighted by atomic mass is 9.88. The van der Waals surface area contributed by atoms with Crippen LogP contribution in [0.3, 0.4) is 0 Å². The van der Waals surface area contributed by atoms with Crippen molar-refractivity contribution in [3.05, 3.63) is 45.9 Å². The van der Waals surface area contributed by atoms with Gasteiger partial charge in [0.25, 0.3) is 5.91 Å². The zero-order chi connectivity index (χ0) is 22.1. The van der Waals surface area contributed by atoms with E-state index in [2.05, 4.69) is 11.4 Å². The van der Waals surface area contributed by atoms with Crippen LogP contribution in [0.15, 0.2) is 29.6 Å². The number of thiophene rings is 1. The van der Waals surface area contributed by atoms with Gasteiger partial charge in [-0.05, 0) is 65.8 Å². The number of rotatable bonds is 7. The molecule has 1 saturated heterocycles. The van der Waals surface area contributed by atoms with Crippen LogP contribution in [0.1, 0.15) is 40.9 Å². The van der Waals surface area contributed by atoms with Crippen LogP contribution in [-0.2, 0) is 11.2 Å². The molecule has 7 heteroatoms. The molecule has 1 aliphatic heterocycles. The van der Waals surface area contributed by atoms with Gasteiger partial charge in [-0.3, -0.25) is 9.59 Å². The molecule has 2 fully saturated rings. The van der Waals surface area contributed by atoms with Crippen LogP contribution >= 0.6 is 11.3 Å². The minimum atomic E-state index is -0.542. The fourth-order valence-electron chi connectivity index (χ4n) is 4.73. The van der Waals surface area contributed by atoms with Gasteiger partial charge in [-0.15, -0.1) is 11.3 Å². The van der Waals surface area contributed by atoms with E-state index in [0.717, 1.165) is 24.8 Å². The van der Waals surface area contributed by atoms with Crippen LogP contribution in [0.2, 0.25) is 0 Å². The molecule has 2 aliphatic rings. The molecule has 2 bridgehead atoms. The van der Waals surface area contributed by atoms with E-state index in [1.807, 2.05) is 5.38 Å². The highest BCUT2D eigenvalue weighted by molar-refractivity contribution is 7.12. The van der Waals surface area contributed by atoms with Crippen LogP contribution in [0.4, 0.5) is 4.39 Å². The summed E-state index contributed by atoms with van der Waals surface area (Å²) in [5, 5.41) is 14.8. The summed E-state index contributed by atoms with van der Waals surface area (Å²) in [6.07, 6.45) is 3.62. The van der Waals surface area contributed by atoms with Crippen LogP contribution in [0.25, 0.3) is 11.1 Å². The van der Waals surface area contributed by atoms with Gasteiger partial charge in [0, 0.05) is 26.6 Å². The van der Waals surface area contributed by atoms with E-state index in [1.165, 1.54) is 22.3 Å². The van der Waals surface area contributed by atoms with E-state index < -0.39 is 11.7 Å². The topological polar surface area (TPSA) is 73.2 Å². The van der Waals surface area contributed by atoms with Crippen molar-refractivity contribution >= 4 is 23.0 Å². The summed E-state index contributed by atoms with van der Waals surface area (Å²) in [4.78, 5) is 26.9. The number of amides is 1. The van der Waals surface area contributed by atoms with Crippen molar-refractivity contribution < 1.29 is 14.0 Å². The lowest BCUT2D eigenvalue weighted by Crippen LogP contribution is -2.42. The van der Waals surface area contributed by atoms with Gasteiger partial charge in [0.1, 0.15) is 5.82 Å². The summed E-state index contributed by atoms with van der Waals surface area (Å²) in [6.45, 7) is 0. The van der Waals surface area contributed by atoms with Crippen molar-refractivity contribution in [2.24, 2.45) is 11.8 Å². The molecule has 4 rings (SSSR count). The van der Waals surface area contributed by atoms with E-state index in [-0.39, 0.29) is 30.6 Å². The molecular formula is C24H26FN3O2S. The largest absolute Gasteiger partial charge is 0.344 e. The molecule has 0 spiro atoms. The summed E-state index contributed by atoms with van der Waals surface area (Å²) in [6, 6.07) is 9.18. The summed E-state index contributed by atoms with van der Waals surface area (Å²) in [5.41, 5.74) is 1.91. The predicted octanol–water partition coefficient (Wildman–Crippen LogP) is 4.04. The number of halogens is 1. The van der Waals surface area contributed by atoms with Gasteiger partial charge in [-0.1, -0.05) is 12.1 Å². The minimum absolute atomic E-state index is 0.0761. The molecule has 0 radical (unpaired) electrons. The molecule has 2 aromatic rings. The SMILES string of the molecule is CN(C)C(=O)c1cc(-c2ccc(C[C@@H](C#N)CC(=O)[C@H]3N[C@@H]4CC[C@H]3C4)c(F)c2)cs1. The van der Waals surface area contributed by atoms with E-state index in [9.17, 15) is 19.2 Å². The average molecular weight is 440 g/mol. The molecule has 1 N–H and O–H groups in total. The molecule has 5 nitrogen and oxygen atoms in total.